The number of sulfonamides is 1. The van der Waals surface area contributed by atoms with Gasteiger partial charge in [0.05, 0.1) is 11.8 Å². The van der Waals surface area contributed by atoms with E-state index in [9.17, 15) is 22.8 Å². The van der Waals surface area contributed by atoms with Gasteiger partial charge in [-0.1, -0.05) is 30.3 Å². The van der Waals surface area contributed by atoms with E-state index in [1.54, 1.807) is 48.5 Å². The van der Waals surface area contributed by atoms with E-state index in [1.807, 2.05) is 30.3 Å². The number of carbonyl (C=O) groups excluding carboxylic acids is 3. The third-order valence-corrected chi connectivity index (χ3v) is 6.57. The van der Waals surface area contributed by atoms with Gasteiger partial charge in [0.25, 0.3) is 0 Å². The van der Waals surface area contributed by atoms with Gasteiger partial charge < -0.3 is 14.8 Å². The quantitative estimate of drug-likeness (QED) is 0.412. The Hall–Kier alpha value is -2.46. The predicted molar refractivity (Wildman–Crippen MR) is 134 cm³/mol. The summed E-state index contributed by atoms with van der Waals surface area (Å²) in [5.41, 5.74) is -0.462. The number of amides is 1. The highest BCUT2D eigenvalue weighted by molar-refractivity contribution is 7.90. The standard InChI is InChI=1S/C25H40N2O7S/c1-18(13-14-19-11-9-8-10-12-19)35(31,32)26-17-21(28)27-20(23(30)34-25(5,6)7)15-16-22(29)33-24(2,3)4/h8-12,18,20,26H,13-17H2,1-7H3,(H,27,28). The van der Waals surface area contributed by atoms with Crippen LogP contribution in [0.1, 0.15) is 73.3 Å². The van der Waals surface area contributed by atoms with Crippen LogP contribution in [0.15, 0.2) is 30.3 Å². The lowest BCUT2D eigenvalue weighted by atomic mass is 10.1. The number of esters is 2. The molecule has 198 valence electrons. The van der Waals surface area contributed by atoms with E-state index in [0.29, 0.717) is 12.8 Å². The second-order valence-electron chi connectivity index (χ2n) is 10.5. The Bertz CT molecular complexity index is 948. The summed E-state index contributed by atoms with van der Waals surface area (Å²) in [6.45, 7) is 11.3. The zero-order valence-electron chi connectivity index (χ0n) is 21.8. The fourth-order valence-corrected chi connectivity index (χ4v) is 4.05. The number of benzene rings is 1. The minimum absolute atomic E-state index is 0.0458. The lowest BCUT2D eigenvalue weighted by molar-refractivity contribution is -0.160. The molecule has 0 aliphatic carbocycles. The van der Waals surface area contributed by atoms with Crippen LogP contribution in [0.5, 0.6) is 0 Å². The molecule has 2 unspecified atom stereocenters. The molecule has 0 heterocycles. The van der Waals surface area contributed by atoms with E-state index in [0.717, 1.165) is 5.56 Å². The number of ether oxygens (including phenoxy) is 2. The molecule has 1 aromatic rings. The maximum Gasteiger partial charge on any atom is 0.329 e. The average molecular weight is 513 g/mol. The zero-order valence-corrected chi connectivity index (χ0v) is 22.7. The van der Waals surface area contributed by atoms with Crippen molar-refractivity contribution in [2.45, 2.75) is 96.6 Å². The molecule has 0 saturated carbocycles. The van der Waals surface area contributed by atoms with E-state index < -0.39 is 56.9 Å². The summed E-state index contributed by atoms with van der Waals surface area (Å²) < 4.78 is 38.0. The fraction of sp³-hybridized carbons (Fsp3) is 0.640. The molecule has 0 aliphatic rings. The summed E-state index contributed by atoms with van der Waals surface area (Å²) in [6, 6.07) is 8.39. The van der Waals surface area contributed by atoms with Crippen molar-refractivity contribution in [3.63, 3.8) is 0 Å². The Morgan fingerprint density at radius 1 is 0.914 bits per heavy atom. The average Bonchev–Trinajstić information content (AvgIpc) is 2.71. The highest BCUT2D eigenvalue weighted by atomic mass is 32.2. The van der Waals surface area contributed by atoms with Crippen LogP contribution < -0.4 is 10.0 Å². The van der Waals surface area contributed by atoms with Crippen LogP contribution in [0.2, 0.25) is 0 Å². The lowest BCUT2D eigenvalue weighted by Crippen LogP contribution is -2.48. The Balaban J connectivity index is 2.70. The third-order valence-electron chi connectivity index (χ3n) is 4.73. The van der Waals surface area contributed by atoms with Crippen LogP contribution in [-0.2, 0) is 40.3 Å². The summed E-state index contributed by atoms with van der Waals surface area (Å²) in [5, 5.41) is 1.76. The molecule has 0 fully saturated rings. The summed E-state index contributed by atoms with van der Waals surface area (Å²) >= 11 is 0. The van der Waals surface area contributed by atoms with Crippen LogP contribution >= 0.6 is 0 Å². The Labute approximate surface area is 209 Å². The molecular formula is C25H40N2O7S. The van der Waals surface area contributed by atoms with E-state index in [-0.39, 0.29) is 12.8 Å². The fourth-order valence-electron chi connectivity index (χ4n) is 3.00. The Morgan fingerprint density at radius 2 is 1.49 bits per heavy atom. The molecule has 1 aromatic carbocycles. The van der Waals surface area contributed by atoms with E-state index >= 15 is 0 Å². The molecule has 0 bridgehead atoms. The minimum atomic E-state index is -3.76. The maximum atomic E-state index is 12.6. The predicted octanol–water partition coefficient (Wildman–Crippen LogP) is 2.88. The second-order valence-corrected chi connectivity index (χ2v) is 12.7. The summed E-state index contributed by atoms with van der Waals surface area (Å²) in [4.78, 5) is 37.2. The Morgan fingerprint density at radius 3 is 2.03 bits per heavy atom. The summed E-state index contributed by atoms with van der Waals surface area (Å²) in [7, 11) is -3.76. The maximum absolute atomic E-state index is 12.6. The van der Waals surface area contributed by atoms with E-state index in [4.69, 9.17) is 9.47 Å². The van der Waals surface area contributed by atoms with Crippen molar-refractivity contribution in [3.05, 3.63) is 35.9 Å². The van der Waals surface area contributed by atoms with Gasteiger partial charge in [-0.05, 0) is 73.3 Å². The highest BCUT2D eigenvalue weighted by Gasteiger charge is 2.29. The van der Waals surface area contributed by atoms with E-state index in [1.165, 1.54) is 0 Å². The molecule has 9 nitrogen and oxygen atoms in total. The number of rotatable bonds is 12. The van der Waals surface area contributed by atoms with Crippen LogP contribution in [0.3, 0.4) is 0 Å². The number of hydrogen-bond donors (Lipinski definition) is 2. The molecule has 10 heteroatoms. The first kappa shape index (κ1) is 30.6. The molecule has 0 spiro atoms. The summed E-state index contributed by atoms with van der Waals surface area (Å²) in [6.07, 6.45) is 0.803. The highest BCUT2D eigenvalue weighted by Crippen LogP contribution is 2.14. The van der Waals surface area contributed by atoms with Gasteiger partial charge >= 0.3 is 11.9 Å². The lowest BCUT2D eigenvalue weighted by Gasteiger charge is -2.25. The summed E-state index contributed by atoms with van der Waals surface area (Å²) in [5.74, 6) is -1.94. The number of hydrogen-bond acceptors (Lipinski definition) is 7. The first-order chi connectivity index (χ1) is 16.0. The normalized spacial score (nSPS) is 14.0. The van der Waals surface area contributed by atoms with Gasteiger partial charge in [-0.2, -0.15) is 0 Å². The van der Waals surface area contributed by atoms with Gasteiger partial charge in [0.15, 0.2) is 0 Å². The molecule has 0 aliphatic heterocycles. The molecule has 0 aromatic heterocycles. The van der Waals surface area contributed by atoms with Crippen LogP contribution in [-0.4, -0.2) is 55.3 Å². The molecule has 2 N–H and O–H groups in total. The van der Waals surface area contributed by atoms with Crippen molar-refractivity contribution in [3.8, 4) is 0 Å². The molecule has 1 amide bonds. The molecule has 35 heavy (non-hydrogen) atoms. The SMILES string of the molecule is CC(CCc1ccccc1)S(=O)(=O)NCC(=O)NC(CCC(=O)OC(C)(C)C)C(=O)OC(C)(C)C. The minimum Gasteiger partial charge on any atom is -0.460 e. The van der Waals surface area contributed by atoms with Gasteiger partial charge in [-0.25, -0.2) is 17.9 Å². The van der Waals surface area contributed by atoms with Crippen LogP contribution in [0.25, 0.3) is 0 Å². The third kappa shape index (κ3) is 13.3. The molecular weight excluding hydrogens is 472 g/mol. The zero-order chi connectivity index (χ0) is 26.9. The number of nitrogens with one attached hydrogen (secondary N) is 2. The van der Waals surface area contributed by atoms with Crippen molar-refractivity contribution in [2.75, 3.05) is 6.54 Å². The van der Waals surface area contributed by atoms with Crippen molar-refractivity contribution in [2.24, 2.45) is 0 Å². The largest absolute Gasteiger partial charge is 0.460 e. The second kappa shape index (κ2) is 13.0. The monoisotopic (exact) mass is 512 g/mol. The molecule has 2 atom stereocenters. The first-order valence-corrected chi connectivity index (χ1v) is 13.3. The van der Waals surface area contributed by atoms with Crippen molar-refractivity contribution in [1.82, 2.24) is 10.0 Å². The number of aryl methyl sites for hydroxylation is 1. The van der Waals surface area contributed by atoms with Crippen molar-refractivity contribution >= 4 is 27.9 Å². The molecule has 0 radical (unpaired) electrons. The van der Waals surface area contributed by atoms with Gasteiger partial charge in [0.2, 0.25) is 15.9 Å². The number of carbonyl (C=O) groups is 3. The smallest absolute Gasteiger partial charge is 0.329 e. The van der Waals surface area contributed by atoms with E-state index in [2.05, 4.69) is 10.0 Å². The van der Waals surface area contributed by atoms with Gasteiger partial charge in [0.1, 0.15) is 17.2 Å². The first-order valence-electron chi connectivity index (χ1n) is 11.7. The van der Waals surface area contributed by atoms with Gasteiger partial charge in [-0.3, -0.25) is 9.59 Å². The topological polar surface area (TPSA) is 128 Å². The van der Waals surface area contributed by atoms with Crippen molar-refractivity contribution < 1.29 is 32.3 Å². The molecule has 1 rings (SSSR count). The van der Waals surface area contributed by atoms with Gasteiger partial charge in [-0.15, -0.1) is 0 Å². The Kier molecular flexibility index (Phi) is 11.4. The van der Waals surface area contributed by atoms with Crippen LogP contribution in [0, 0.1) is 0 Å². The van der Waals surface area contributed by atoms with Crippen LogP contribution in [0.4, 0.5) is 0 Å². The molecule has 0 saturated heterocycles. The van der Waals surface area contributed by atoms with Gasteiger partial charge in [0, 0.05) is 6.42 Å². The van der Waals surface area contributed by atoms with Crippen molar-refractivity contribution in [1.29, 1.82) is 0 Å².